The second-order valence-electron chi connectivity index (χ2n) is 4.38. The van der Waals surface area contributed by atoms with E-state index in [0.717, 1.165) is 11.5 Å². The summed E-state index contributed by atoms with van der Waals surface area (Å²) < 4.78 is 5.35. The Labute approximate surface area is 101 Å². The number of hydrogen-bond donors (Lipinski definition) is 2. The molecule has 2 N–H and O–H groups in total. The fourth-order valence-electron chi connectivity index (χ4n) is 1.23. The number of ether oxygens (including phenoxy) is 1. The SMILES string of the molecule is CC(C(=O)O)N(C)C(=O)NCCOCC1CC1. The predicted molar refractivity (Wildman–Crippen MR) is 61.8 cm³/mol. The van der Waals surface area contributed by atoms with Crippen LogP contribution in [0.1, 0.15) is 19.8 Å². The van der Waals surface area contributed by atoms with E-state index in [2.05, 4.69) is 5.32 Å². The average Bonchev–Trinajstić information content (AvgIpc) is 3.10. The molecule has 1 unspecified atom stereocenters. The number of carbonyl (C=O) groups is 2. The highest BCUT2D eigenvalue weighted by Gasteiger charge is 2.22. The van der Waals surface area contributed by atoms with Gasteiger partial charge in [0.15, 0.2) is 0 Å². The van der Waals surface area contributed by atoms with Crippen LogP contribution in [0.4, 0.5) is 4.79 Å². The Morgan fingerprint density at radius 3 is 2.71 bits per heavy atom. The smallest absolute Gasteiger partial charge is 0.326 e. The lowest BCUT2D eigenvalue weighted by molar-refractivity contribution is -0.141. The van der Waals surface area contributed by atoms with Gasteiger partial charge in [0.2, 0.25) is 0 Å². The highest BCUT2D eigenvalue weighted by Crippen LogP contribution is 2.28. The van der Waals surface area contributed by atoms with Crippen molar-refractivity contribution in [3.63, 3.8) is 0 Å². The molecule has 1 saturated carbocycles. The quantitative estimate of drug-likeness (QED) is 0.640. The van der Waals surface area contributed by atoms with E-state index >= 15 is 0 Å². The first-order valence-corrected chi connectivity index (χ1v) is 5.83. The van der Waals surface area contributed by atoms with Gasteiger partial charge in [-0.2, -0.15) is 0 Å². The van der Waals surface area contributed by atoms with Gasteiger partial charge in [-0.15, -0.1) is 0 Å². The summed E-state index contributed by atoms with van der Waals surface area (Å²) in [6.07, 6.45) is 2.48. The molecule has 1 aliphatic carbocycles. The highest BCUT2D eigenvalue weighted by molar-refractivity contribution is 5.82. The van der Waals surface area contributed by atoms with Crippen LogP contribution in [0.3, 0.4) is 0 Å². The van der Waals surface area contributed by atoms with Crippen LogP contribution in [-0.4, -0.2) is 54.9 Å². The topological polar surface area (TPSA) is 78.9 Å². The van der Waals surface area contributed by atoms with Crippen molar-refractivity contribution < 1.29 is 19.4 Å². The maximum absolute atomic E-state index is 11.5. The molecule has 0 aromatic carbocycles. The van der Waals surface area contributed by atoms with Crippen LogP contribution in [0, 0.1) is 5.92 Å². The molecular weight excluding hydrogens is 224 g/mol. The molecule has 0 saturated heterocycles. The predicted octanol–water partition coefficient (Wildman–Crippen LogP) is 0.527. The van der Waals surface area contributed by atoms with Crippen molar-refractivity contribution in [2.45, 2.75) is 25.8 Å². The summed E-state index contributed by atoms with van der Waals surface area (Å²) in [5, 5.41) is 11.3. The molecule has 0 radical (unpaired) electrons. The summed E-state index contributed by atoms with van der Waals surface area (Å²) in [4.78, 5) is 23.3. The Balaban J connectivity index is 2.08. The van der Waals surface area contributed by atoms with E-state index in [0.29, 0.717) is 19.1 Å². The number of aliphatic carboxylic acids is 1. The lowest BCUT2D eigenvalue weighted by atomic mass is 10.3. The van der Waals surface area contributed by atoms with Crippen molar-refractivity contribution in [1.82, 2.24) is 10.2 Å². The molecule has 1 fully saturated rings. The summed E-state index contributed by atoms with van der Waals surface area (Å²) in [6.45, 7) is 3.10. The number of carboxylic acids is 1. The van der Waals surface area contributed by atoms with E-state index < -0.39 is 18.0 Å². The minimum atomic E-state index is -1.02. The Morgan fingerprint density at radius 2 is 2.18 bits per heavy atom. The van der Waals surface area contributed by atoms with Crippen LogP contribution in [0.25, 0.3) is 0 Å². The monoisotopic (exact) mass is 244 g/mol. The summed E-state index contributed by atoms with van der Waals surface area (Å²) in [5.74, 6) is -0.312. The first kappa shape index (κ1) is 13.8. The molecule has 6 heteroatoms. The number of nitrogens with zero attached hydrogens (tertiary/aromatic N) is 1. The van der Waals surface area contributed by atoms with Gasteiger partial charge in [-0.05, 0) is 25.7 Å². The molecule has 2 amide bonds. The van der Waals surface area contributed by atoms with Gasteiger partial charge in [-0.1, -0.05) is 0 Å². The summed E-state index contributed by atoms with van der Waals surface area (Å²) in [7, 11) is 1.46. The standard InChI is InChI=1S/C11H20N2O4/c1-8(10(14)15)13(2)11(16)12-5-6-17-7-9-3-4-9/h8-9H,3-7H2,1-2H3,(H,12,16)(H,14,15). The first-order chi connectivity index (χ1) is 8.02. The molecule has 1 rings (SSSR count). The van der Waals surface area contributed by atoms with Crippen LogP contribution in [0.15, 0.2) is 0 Å². The van der Waals surface area contributed by atoms with Crippen molar-refractivity contribution in [2.75, 3.05) is 26.8 Å². The molecule has 1 aliphatic rings. The minimum Gasteiger partial charge on any atom is -0.480 e. The average molecular weight is 244 g/mol. The third-order valence-electron chi connectivity index (χ3n) is 2.83. The van der Waals surface area contributed by atoms with Gasteiger partial charge in [0.1, 0.15) is 6.04 Å². The van der Waals surface area contributed by atoms with Crippen LogP contribution in [0.5, 0.6) is 0 Å². The van der Waals surface area contributed by atoms with Gasteiger partial charge in [-0.25, -0.2) is 9.59 Å². The Morgan fingerprint density at radius 1 is 1.53 bits per heavy atom. The van der Waals surface area contributed by atoms with Gasteiger partial charge in [0.25, 0.3) is 0 Å². The number of urea groups is 1. The van der Waals surface area contributed by atoms with Gasteiger partial charge < -0.3 is 20.1 Å². The molecule has 98 valence electrons. The molecule has 0 heterocycles. The van der Waals surface area contributed by atoms with Gasteiger partial charge in [0, 0.05) is 20.2 Å². The number of carbonyl (C=O) groups excluding carboxylic acids is 1. The van der Waals surface area contributed by atoms with Gasteiger partial charge in [0.05, 0.1) is 6.61 Å². The molecule has 0 aliphatic heterocycles. The molecule has 6 nitrogen and oxygen atoms in total. The number of rotatable bonds is 7. The highest BCUT2D eigenvalue weighted by atomic mass is 16.5. The van der Waals surface area contributed by atoms with E-state index in [9.17, 15) is 9.59 Å². The Kier molecular flexibility index (Phi) is 5.21. The molecule has 0 spiro atoms. The molecule has 0 aromatic rings. The van der Waals surface area contributed by atoms with Crippen molar-refractivity contribution in [3.05, 3.63) is 0 Å². The first-order valence-electron chi connectivity index (χ1n) is 5.83. The zero-order valence-corrected chi connectivity index (χ0v) is 10.3. The summed E-state index contributed by atoms with van der Waals surface area (Å²) >= 11 is 0. The normalized spacial score (nSPS) is 16.4. The van der Waals surface area contributed by atoms with E-state index in [1.165, 1.54) is 26.8 Å². The van der Waals surface area contributed by atoms with Crippen LogP contribution < -0.4 is 5.32 Å². The van der Waals surface area contributed by atoms with Crippen LogP contribution >= 0.6 is 0 Å². The zero-order valence-electron chi connectivity index (χ0n) is 10.3. The molecule has 1 atom stereocenters. The Bertz CT molecular complexity index is 279. The van der Waals surface area contributed by atoms with Gasteiger partial charge >= 0.3 is 12.0 Å². The van der Waals surface area contributed by atoms with E-state index in [1.54, 1.807) is 0 Å². The minimum absolute atomic E-state index is 0.394. The Hall–Kier alpha value is -1.30. The number of hydrogen-bond acceptors (Lipinski definition) is 3. The van der Waals surface area contributed by atoms with Crippen molar-refractivity contribution in [2.24, 2.45) is 5.92 Å². The number of nitrogens with one attached hydrogen (secondary N) is 1. The summed E-state index contributed by atoms with van der Waals surface area (Å²) in [5.41, 5.74) is 0. The van der Waals surface area contributed by atoms with E-state index in [1.807, 2.05) is 0 Å². The number of carboxylic acid groups (broad SMARTS) is 1. The molecular formula is C11H20N2O4. The lowest BCUT2D eigenvalue weighted by Crippen LogP contribution is -2.46. The van der Waals surface area contributed by atoms with Gasteiger partial charge in [-0.3, -0.25) is 0 Å². The maximum atomic E-state index is 11.5. The molecule has 0 bridgehead atoms. The summed E-state index contributed by atoms with van der Waals surface area (Å²) in [6, 6.07) is -1.22. The second-order valence-corrected chi connectivity index (χ2v) is 4.38. The van der Waals surface area contributed by atoms with Crippen molar-refractivity contribution in [3.8, 4) is 0 Å². The number of amides is 2. The van der Waals surface area contributed by atoms with E-state index in [-0.39, 0.29) is 0 Å². The molecule has 0 aromatic heterocycles. The fraction of sp³-hybridized carbons (Fsp3) is 0.818. The second kappa shape index (κ2) is 6.44. The zero-order chi connectivity index (χ0) is 12.8. The van der Waals surface area contributed by atoms with Crippen LogP contribution in [0.2, 0.25) is 0 Å². The maximum Gasteiger partial charge on any atom is 0.326 e. The fourth-order valence-corrected chi connectivity index (χ4v) is 1.23. The number of likely N-dealkylation sites (N-methyl/N-ethyl adjacent to an activating group) is 1. The van der Waals surface area contributed by atoms with Crippen molar-refractivity contribution in [1.29, 1.82) is 0 Å². The van der Waals surface area contributed by atoms with E-state index in [4.69, 9.17) is 9.84 Å². The third kappa shape index (κ3) is 5.04. The molecule has 17 heavy (non-hydrogen) atoms. The van der Waals surface area contributed by atoms with Crippen LogP contribution in [-0.2, 0) is 9.53 Å². The van der Waals surface area contributed by atoms with Crippen molar-refractivity contribution >= 4 is 12.0 Å². The largest absolute Gasteiger partial charge is 0.480 e. The lowest BCUT2D eigenvalue weighted by Gasteiger charge is -2.21. The third-order valence-corrected chi connectivity index (χ3v) is 2.83.